The van der Waals surface area contributed by atoms with Crippen molar-refractivity contribution in [2.45, 2.75) is 19.1 Å². The van der Waals surface area contributed by atoms with Gasteiger partial charge in [0.15, 0.2) is 0 Å². The number of fused-ring (bicyclic) bond motifs is 1. The molecule has 0 unspecified atom stereocenters. The SMILES string of the molecule is C=N/C=C(\C=C/N)C(=O)NC[C@@H](O)CN1CCc2ccccc2C1. The molecule has 0 fully saturated rings. The van der Waals surface area contributed by atoms with Gasteiger partial charge in [0.25, 0.3) is 5.91 Å². The minimum atomic E-state index is -0.640. The zero-order valence-electron chi connectivity index (χ0n) is 13.7. The summed E-state index contributed by atoms with van der Waals surface area (Å²) >= 11 is 0. The number of carbonyl (C=O) groups is 1. The molecule has 128 valence electrons. The zero-order chi connectivity index (χ0) is 17.4. The van der Waals surface area contributed by atoms with Gasteiger partial charge in [0.2, 0.25) is 0 Å². The normalized spacial score (nSPS) is 16.6. The molecule has 0 aromatic heterocycles. The quantitative estimate of drug-likeness (QED) is 0.388. The lowest BCUT2D eigenvalue weighted by Crippen LogP contribution is -2.42. The number of rotatable bonds is 7. The number of amides is 1. The van der Waals surface area contributed by atoms with Crippen molar-refractivity contribution in [3.63, 3.8) is 0 Å². The van der Waals surface area contributed by atoms with Crippen LogP contribution in [-0.2, 0) is 17.8 Å². The third kappa shape index (κ3) is 5.04. The Morgan fingerprint density at radius 2 is 2.21 bits per heavy atom. The van der Waals surface area contributed by atoms with E-state index in [-0.39, 0.29) is 12.5 Å². The second-order valence-electron chi connectivity index (χ2n) is 5.74. The Morgan fingerprint density at radius 1 is 1.46 bits per heavy atom. The van der Waals surface area contributed by atoms with Crippen LogP contribution < -0.4 is 11.1 Å². The van der Waals surface area contributed by atoms with E-state index in [0.717, 1.165) is 19.5 Å². The van der Waals surface area contributed by atoms with Gasteiger partial charge >= 0.3 is 0 Å². The van der Waals surface area contributed by atoms with E-state index in [4.69, 9.17) is 5.73 Å². The Hall–Kier alpha value is -2.44. The van der Waals surface area contributed by atoms with Crippen LogP contribution in [0.15, 0.2) is 53.3 Å². The fourth-order valence-electron chi connectivity index (χ4n) is 2.76. The number of β-amino-alcohol motifs (C(OH)–C–C–N with tert-alkyl or cyclic N) is 1. The number of carbonyl (C=O) groups excluding carboxylic acids is 1. The highest BCUT2D eigenvalue weighted by atomic mass is 16.3. The molecule has 6 nitrogen and oxygen atoms in total. The lowest BCUT2D eigenvalue weighted by molar-refractivity contribution is -0.117. The van der Waals surface area contributed by atoms with Gasteiger partial charge in [-0.25, -0.2) is 0 Å². The highest BCUT2D eigenvalue weighted by Crippen LogP contribution is 2.18. The van der Waals surface area contributed by atoms with Crippen LogP contribution in [0.3, 0.4) is 0 Å². The lowest BCUT2D eigenvalue weighted by atomic mass is 10.00. The summed E-state index contributed by atoms with van der Waals surface area (Å²) in [5, 5.41) is 12.9. The number of hydrogen-bond acceptors (Lipinski definition) is 5. The average molecular weight is 328 g/mol. The number of aliphatic hydroxyl groups is 1. The second kappa shape index (κ2) is 9.00. The number of nitrogens with two attached hydrogens (primary N) is 1. The number of hydrogen-bond donors (Lipinski definition) is 3. The maximum absolute atomic E-state index is 12.0. The van der Waals surface area contributed by atoms with E-state index < -0.39 is 6.10 Å². The van der Waals surface area contributed by atoms with Crippen molar-refractivity contribution in [1.82, 2.24) is 10.2 Å². The standard InChI is InChI=1S/C18H24N4O2/c1-20-10-15(6-8-19)18(24)21-11-17(23)13-22-9-7-14-4-2-3-5-16(14)12-22/h2-6,8,10,17,23H,1,7,9,11-13,19H2,(H,21,24)/b8-6-,15-10+/t17-/m1/s1. The molecular formula is C18H24N4O2. The Kier molecular flexibility index (Phi) is 6.72. The summed E-state index contributed by atoms with van der Waals surface area (Å²) in [5.74, 6) is -0.341. The summed E-state index contributed by atoms with van der Waals surface area (Å²) in [4.78, 5) is 17.7. The highest BCUT2D eigenvalue weighted by Gasteiger charge is 2.19. The first-order valence-electron chi connectivity index (χ1n) is 7.93. The third-order valence-corrected chi connectivity index (χ3v) is 3.95. The molecular weight excluding hydrogens is 304 g/mol. The molecule has 1 atom stereocenters. The molecule has 1 aliphatic heterocycles. The highest BCUT2D eigenvalue weighted by molar-refractivity contribution is 5.96. The topological polar surface area (TPSA) is 90.9 Å². The Bertz CT molecular complexity index is 640. The van der Waals surface area contributed by atoms with Crippen LogP contribution >= 0.6 is 0 Å². The van der Waals surface area contributed by atoms with Crippen LogP contribution in [0.1, 0.15) is 11.1 Å². The monoisotopic (exact) mass is 328 g/mol. The summed E-state index contributed by atoms with van der Waals surface area (Å²) in [5.41, 5.74) is 8.27. The van der Waals surface area contributed by atoms with Gasteiger partial charge in [0.05, 0.1) is 11.7 Å². The zero-order valence-corrected chi connectivity index (χ0v) is 13.7. The van der Waals surface area contributed by atoms with Gasteiger partial charge in [0, 0.05) is 32.4 Å². The van der Waals surface area contributed by atoms with Crippen molar-refractivity contribution in [3.8, 4) is 0 Å². The summed E-state index contributed by atoms with van der Waals surface area (Å²) in [6.07, 6.45) is 4.37. The number of aliphatic imine (C=N–C) groups is 1. The summed E-state index contributed by atoms with van der Waals surface area (Å²) < 4.78 is 0. The third-order valence-electron chi connectivity index (χ3n) is 3.95. The van der Waals surface area contributed by atoms with Crippen LogP contribution in [0, 0.1) is 0 Å². The van der Waals surface area contributed by atoms with Gasteiger partial charge in [-0.2, -0.15) is 0 Å². The molecule has 2 rings (SSSR count). The number of nitrogens with one attached hydrogen (secondary N) is 1. The average Bonchev–Trinajstić information content (AvgIpc) is 2.59. The molecule has 0 spiro atoms. The molecule has 6 heteroatoms. The first kappa shape index (κ1) is 17.9. The van der Waals surface area contributed by atoms with Gasteiger partial charge in [-0.3, -0.25) is 14.7 Å². The lowest BCUT2D eigenvalue weighted by Gasteiger charge is -2.30. The maximum atomic E-state index is 12.0. The minimum Gasteiger partial charge on any atom is -0.405 e. The van der Waals surface area contributed by atoms with Crippen LogP contribution in [-0.4, -0.2) is 48.4 Å². The van der Waals surface area contributed by atoms with E-state index in [1.807, 2.05) is 6.07 Å². The van der Waals surface area contributed by atoms with E-state index in [1.165, 1.54) is 29.6 Å². The predicted octanol–water partition coefficient (Wildman–Crippen LogP) is 0.579. The molecule has 0 bridgehead atoms. The number of aliphatic hydroxyl groups excluding tert-OH is 1. The maximum Gasteiger partial charge on any atom is 0.252 e. The molecule has 24 heavy (non-hydrogen) atoms. The Labute approximate surface area is 142 Å². The smallest absolute Gasteiger partial charge is 0.252 e. The fourth-order valence-corrected chi connectivity index (χ4v) is 2.76. The molecule has 0 radical (unpaired) electrons. The largest absolute Gasteiger partial charge is 0.405 e. The van der Waals surface area contributed by atoms with E-state index in [1.54, 1.807) is 0 Å². The van der Waals surface area contributed by atoms with E-state index >= 15 is 0 Å². The van der Waals surface area contributed by atoms with E-state index in [2.05, 4.69) is 40.1 Å². The molecule has 1 aliphatic rings. The van der Waals surface area contributed by atoms with Crippen molar-refractivity contribution in [3.05, 3.63) is 59.4 Å². The molecule has 4 N–H and O–H groups in total. The van der Waals surface area contributed by atoms with Gasteiger partial charge in [-0.1, -0.05) is 24.3 Å². The van der Waals surface area contributed by atoms with Gasteiger partial charge < -0.3 is 16.2 Å². The van der Waals surface area contributed by atoms with Crippen LogP contribution in [0.2, 0.25) is 0 Å². The first-order valence-corrected chi connectivity index (χ1v) is 7.93. The molecule has 1 heterocycles. The Morgan fingerprint density at radius 3 is 2.92 bits per heavy atom. The Balaban J connectivity index is 1.81. The molecule has 1 aromatic rings. The van der Waals surface area contributed by atoms with Crippen molar-refractivity contribution in [2.75, 3.05) is 19.6 Å². The summed E-state index contributed by atoms with van der Waals surface area (Å²) in [7, 11) is 0. The fraction of sp³-hybridized carbons (Fsp3) is 0.333. The second-order valence-corrected chi connectivity index (χ2v) is 5.74. The van der Waals surface area contributed by atoms with E-state index in [0.29, 0.717) is 12.1 Å². The van der Waals surface area contributed by atoms with Crippen LogP contribution in [0.25, 0.3) is 0 Å². The molecule has 0 saturated carbocycles. The summed E-state index contributed by atoms with van der Waals surface area (Å²) in [6.45, 7) is 5.73. The molecule has 0 saturated heterocycles. The number of nitrogens with zero attached hydrogens (tertiary/aromatic N) is 2. The van der Waals surface area contributed by atoms with Crippen molar-refractivity contribution >= 4 is 12.6 Å². The summed E-state index contributed by atoms with van der Waals surface area (Å²) in [6, 6.07) is 8.35. The van der Waals surface area contributed by atoms with Gasteiger partial charge in [-0.05, 0) is 36.5 Å². The van der Waals surface area contributed by atoms with Crippen LogP contribution in [0.5, 0.6) is 0 Å². The molecule has 0 aliphatic carbocycles. The van der Waals surface area contributed by atoms with Crippen molar-refractivity contribution in [1.29, 1.82) is 0 Å². The molecule has 1 aromatic carbocycles. The van der Waals surface area contributed by atoms with Crippen LogP contribution in [0.4, 0.5) is 0 Å². The predicted molar refractivity (Wildman–Crippen MR) is 95.4 cm³/mol. The van der Waals surface area contributed by atoms with E-state index in [9.17, 15) is 9.90 Å². The number of benzene rings is 1. The van der Waals surface area contributed by atoms with Crippen molar-refractivity contribution < 1.29 is 9.90 Å². The molecule has 1 amide bonds. The first-order chi connectivity index (χ1) is 11.6. The van der Waals surface area contributed by atoms with Gasteiger partial charge in [-0.15, -0.1) is 0 Å². The minimum absolute atomic E-state index is 0.171. The van der Waals surface area contributed by atoms with Gasteiger partial charge in [0.1, 0.15) is 0 Å². The van der Waals surface area contributed by atoms with Crippen molar-refractivity contribution in [2.24, 2.45) is 10.7 Å².